The SMILES string of the molecule is CC1=C(C(=O)c2cccnc2C=O)SCCN1. The van der Waals surface area contributed by atoms with E-state index in [1.54, 1.807) is 12.1 Å². The minimum Gasteiger partial charge on any atom is -0.387 e. The van der Waals surface area contributed by atoms with E-state index in [0.717, 1.165) is 18.0 Å². The van der Waals surface area contributed by atoms with Gasteiger partial charge in [0.05, 0.1) is 10.5 Å². The number of rotatable bonds is 3. The lowest BCUT2D eigenvalue weighted by molar-refractivity contribution is 0.103. The molecule has 0 amide bonds. The molecule has 88 valence electrons. The molecule has 1 aromatic heterocycles. The van der Waals surface area contributed by atoms with Crippen molar-refractivity contribution in [2.24, 2.45) is 0 Å². The lowest BCUT2D eigenvalue weighted by Crippen LogP contribution is -2.23. The summed E-state index contributed by atoms with van der Waals surface area (Å²) in [5.74, 6) is 0.727. The van der Waals surface area contributed by atoms with E-state index in [0.29, 0.717) is 16.8 Å². The van der Waals surface area contributed by atoms with Crippen molar-refractivity contribution in [3.63, 3.8) is 0 Å². The van der Waals surface area contributed by atoms with E-state index in [9.17, 15) is 9.59 Å². The van der Waals surface area contributed by atoms with Crippen molar-refractivity contribution in [1.29, 1.82) is 0 Å². The molecule has 0 aromatic carbocycles. The monoisotopic (exact) mass is 248 g/mol. The molecule has 0 bridgehead atoms. The standard InChI is InChI=1S/C12H12N2O2S/c1-8-12(17-6-5-13-8)11(16)9-3-2-4-14-10(9)7-15/h2-4,7,13H,5-6H2,1H3. The van der Waals surface area contributed by atoms with Gasteiger partial charge in [0.1, 0.15) is 5.69 Å². The Morgan fingerprint density at radius 3 is 3.12 bits per heavy atom. The highest BCUT2D eigenvalue weighted by molar-refractivity contribution is 8.04. The Bertz CT molecular complexity index is 497. The number of nitrogens with zero attached hydrogens (tertiary/aromatic N) is 1. The number of hydrogen-bond donors (Lipinski definition) is 1. The normalized spacial score (nSPS) is 15.4. The van der Waals surface area contributed by atoms with E-state index in [1.807, 2.05) is 6.92 Å². The van der Waals surface area contributed by atoms with Gasteiger partial charge in [0.15, 0.2) is 6.29 Å². The van der Waals surface area contributed by atoms with E-state index < -0.39 is 0 Å². The molecule has 4 nitrogen and oxygen atoms in total. The van der Waals surface area contributed by atoms with Crippen LogP contribution in [0.4, 0.5) is 0 Å². The molecule has 0 saturated carbocycles. The lowest BCUT2D eigenvalue weighted by Gasteiger charge is -2.18. The summed E-state index contributed by atoms with van der Waals surface area (Å²) in [6.45, 7) is 2.73. The number of Topliss-reactive ketones (excluding diaryl/α,β-unsaturated/α-hetero) is 1. The molecule has 1 aliphatic rings. The van der Waals surface area contributed by atoms with Gasteiger partial charge < -0.3 is 5.32 Å². The number of allylic oxidation sites excluding steroid dienone is 2. The van der Waals surface area contributed by atoms with Crippen LogP contribution in [0.1, 0.15) is 27.8 Å². The van der Waals surface area contributed by atoms with Gasteiger partial charge in [-0.25, -0.2) is 0 Å². The summed E-state index contributed by atoms with van der Waals surface area (Å²) in [4.78, 5) is 27.7. The zero-order valence-corrected chi connectivity index (χ0v) is 10.2. The van der Waals surface area contributed by atoms with Gasteiger partial charge >= 0.3 is 0 Å². The molecule has 0 radical (unpaired) electrons. The first-order chi connectivity index (χ1) is 8.24. The fourth-order valence-electron chi connectivity index (χ4n) is 1.64. The lowest BCUT2D eigenvalue weighted by atomic mass is 10.1. The molecule has 2 heterocycles. The van der Waals surface area contributed by atoms with Crippen molar-refractivity contribution in [2.75, 3.05) is 12.3 Å². The van der Waals surface area contributed by atoms with Crippen LogP contribution in [-0.4, -0.2) is 29.4 Å². The summed E-state index contributed by atoms with van der Waals surface area (Å²) < 4.78 is 0. The second-order valence-electron chi connectivity index (χ2n) is 3.61. The molecule has 0 unspecified atom stereocenters. The van der Waals surface area contributed by atoms with Crippen LogP contribution in [0.2, 0.25) is 0 Å². The second kappa shape index (κ2) is 5.14. The maximum absolute atomic E-state index is 12.3. The second-order valence-corrected chi connectivity index (χ2v) is 4.72. The van der Waals surface area contributed by atoms with Gasteiger partial charge in [0.25, 0.3) is 0 Å². The van der Waals surface area contributed by atoms with Crippen molar-refractivity contribution in [1.82, 2.24) is 10.3 Å². The average molecular weight is 248 g/mol. The number of hydrogen-bond acceptors (Lipinski definition) is 5. The fourth-order valence-corrected chi connectivity index (χ4v) is 2.58. The van der Waals surface area contributed by atoms with Crippen LogP contribution in [0, 0.1) is 0 Å². The van der Waals surface area contributed by atoms with E-state index in [1.165, 1.54) is 18.0 Å². The predicted octanol–water partition coefficient (Wildman–Crippen LogP) is 1.64. The van der Waals surface area contributed by atoms with Gasteiger partial charge in [-0.15, -0.1) is 11.8 Å². The molecule has 0 aliphatic carbocycles. The van der Waals surface area contributed by atoms with Crippen LogP contribution in [0.3, 0.4) is 0 Å². The number of aldehydes is 1. The molecular formula is C12H12N2O2S. The molecule has 2 rings (SSSR count). The van der Waals surface area contributed by atoms with Gasteiger partial charge in [-0.05, 0) is 19.1 Å². The van der Waals surface area contributed by atoms with Crippen LogP contribution in [-0.2, 0) is 0 Å². The van der Waals surface area contributed by atoms with E-state index in [4.69, 9.17) is 0 Å². The molecule has 0 atom stereocenters. The van der Waals surface area contributed by atoms with Crippen molar-refractivity contribution >= 4 is 23.8 Å². The number of thioether (sulfide) groups is 1. The summed E-state index contributed by atoms with van der Waals surface area (Å²) in [5.41, 5.74) is 1.43. The van der Waals surface area contributed by atoms with Crippen molar-refractivity contribution < 1.29 is 9.59 Å². The van der Waals surface area contributed by atoms with Gasteiger partial charge in [-0.1, -0.05) is 0 Å². The Balaban J connectivity index is 2.40. The summed E-state index contributed by atoms with van der Waals surface area (Å²) in [6.07, 6.45) is 2.12. The Hall–Kier alpha value is -1.62. The number of pyridine rings is 1. The smallest absolute Gasteiger partial charge is 0.203 e. The molecular weight excluding hydrogens is 236 g/mol. The van der Waals surface area contributed by atoms with Gasteiger partial charge in [0.2, 0.25) is 5.78 Å². The third kappa shape index (κ3) is 2.39. The van der Waals surface area contributed by atoms with Gasteiger partial charge in [-0.3, -0.25) is 14.6 Å². The first kappa shape index (κ1) is 11.9. The number of ketones is 1. The highest BCUT2D eigenvalue weighted by atomic mass is 32.2. The minimum atomic E-state index is -0.130. The first-order valence-corrected chi connectivity index (χ1v) is 6.25. The number of carbonyl (C=O) groups excluding carboxylic acids is 2. The summed E-state index contributed by atoms with van der Waals surface area (Å²) in [7, 11) is 0. The van der Waals surface area contributed by atoms with Crippen LogP contribution >= 0.6 is 11.8 Å². The molecule has 1 aromatic rings. The summed E-state index contributed by atoms with van der Waals surface area (Å²) in [5, 5.41) is 3.15. The maximum Gasteiger partial charge on any atom is 0.203 e. The molecule has 17 heavy (non-hydrogen) atoms. The Morgan fingerprint density at radius 1 is 1.59 bits per heavy atom. The molecule has 1 N–H and O–H groups in total. The zero-order valence-electron chi connectivity index (χ0n) is 9.40. The number of nitrogens with one attached hydrogen (secondary N) is 1. The van der Waals surface area contributed by atoms with Crippen LogP contribution in [0.15, 0.2) is 28.9 Å². The maximum atomic E-state index is 12.3. The van der Waals surface area contributed by atoms with Crippen LogP contribution in [0.25, 0.3) is 0 Å². The Kier molecular flexibility index (Phi) is 3.58. The van der Waals surface area contributed by atoms with E-state index in [2.05, 4.69) is 10.3 Å². The summed E-state index contributed by atoms with van der Waals surface area (Å²) in [6, 6.07) is 3.30. The molecule has 0 spiro atoms. The third-order valence-electron chi connectivity index (χ3n) is 2.48. The van der Waals surface area contributed by atoms with Gasteiger partial charge in [0, 0.05) is 24.2 Å². The third-order valence-corrected chi connectivity index (χ3v) is 3.67. The minimum absolute atomic E-state index is 0.130. The first-order valence-electron chi connectivity index (χ1n) is 5.26. The van der Waals surface area contributed by atoms with Crippen molar-refractivity contribution in [3.8, 4) is 0 Å². The van der Waals surface area contributed by atoms with Gasteiger partial charge in [-0.2, -0.15) is 0 Å². The van der Waals surface area contributed by atoms with Crippen LogP contribution < -0.4 is 5.32 Å². The topological polar surface area (TPSA) is 59.1 Å². The zero-order chi connectivity index (χ0) is 12.3. The highest BCUT2D eigenvalue weighted by Gasteiger charge is 2.21. The van der Waals surface area contributed by atoms with E-state index in [-0.39, 0.29) is 11.5 Å². The summed E-state index contributed by atoms with van der Waals surface area (Å²) >= 11 is 1.52. The van der Waals surface area contributed by atoms with Crippen LogP contribution in [0.5, 0.6) is 0 Å². The predicted molar refractivity (Wildman–Crippen MR) is 67.1 cm³/mol. The van der Waals surface area contributed by atoms with Crippen molar-refractivity contribution in [2.45, 2.75) is 6.92 Å². The molecule has 0 fully saturated rings. The van der Waals surface area contributed by atoms with Crippen molar-refractivity contribution in [3.05, 3.63) is 40.2 Å². The highest BCUT2D eigenvalue weighted by Crippen LogP contribution is 2.26. The molecule has 5 heteroatoms. The average Bonchev–Trinajstić information content (AvgIpc) is 2.38. The number of aromatic nitrogens is 1. The Morgan fingerprint density at radius 2 is 2.41 bits per heavy atom. The molecule has 1 aliphatic heterocycles. The molecule has 0 saturated heterocycles. The van der Waals surface area contributed by atoms with E-state index >= 15 is 0 Å². The quantitative estimate of drug-likeness (QED) is 0.651. The fraction of sp³-hybridized carbons (Fsp3) is 0.250. The Labute approximate surface area is 104 Å². The largest absolute Gasteiger partial charge is 0.387 e. The number of carbonyl (C=O) groups is 2.